The highest BCUT2D eigenvalue weighted by Gasteiger charge is 2.47. The Morgan fingerprint density at radius 3 is 2.67 bits per heavy atom. The maximum Gasteiger partial charge on any atom is 0.295 e. The van der Waals surface area contributed by atoms with E-state index in [0.717, 1.165) is 12.8 Å². The van der Waals surface area contributed by atoms with Gasteiger partial charge in [-0.3, -0.25) is 9.59 Å². The number of nitrogens with zero attached hydrogens (tertiary/aromatic N) is 1. The van der Waals surface area contributed by atoms with Crippen molar-refractivity contribution in [2.24, 2.45) is 0 Å². The molecule has 0 bridgehead atoms. The number of carbonyl (C=O) groups is 2. The molecule has 2 aliphatic heterocycles. The normalized spacial score (nSPS) is 23.2. The highest BCUT2D eigenvalue weighted by Crippen LogP contribution is 2.40. The van der Waals surface area contributed by atoms with Crippen molar-refractivity contribution in [3.63, 3.8) is 0 Å². The highest BCUT2D eigenvalue weighted by molar-refractivity contribution is 6.46. The Morgan fingerprint density at radius 1 is 1.23 bits per heavy atom. The van der Waals surface area contributed by atoms with Crippen LogP contribution in [0.4, 0.5) is 4.39 Å². The summed E-state index contributed by atoms with van der Waals surface area (Å²) in [4.78, 5) is 27.3. The van der Waals surface area contributed by atoms with E-state index in [2.05, 4.69) is 0 Å². The van der Waals surface area contributed by atoms with Gasteiger partial charge in [-0.15, -0.1) is 0 Å². The molecule has 2 saturated heterocycles. The number of rotatable bonds is 5. The van der Waals surface area contributed by atoms with Crippen LogP contribution in [0, 0.1) is 5.82 Å². The molecule has 1 N–H and O–H groups in total. The van der Waals surface area contributed by atoms with Crippen LogP contribution in [-0.2, 0) is 14.3 Å². The van der Waals surface area contributed by atoms with Crippen LogP contribution < -0.4 is 4.74 Å². The van der Waals surface area contributed by atoms with Crippen molar-refractivity contribution in [2.75, 3.05) is 20.3 Å². The highest BCUT2D eigenvalue weighted by atomic mass is 19.1. The van der Waals surface area contributed by atoms with E-state index in [1.54, 1.807) is 24.3 Å². The molecule has 2 aromatic rings. The molecular weight excluding hydrogens is 389 g/mol. The fourth-order valence-electron chi connectivity index (χ4n) is 4.00. The van der Waals surface area contributed by atoms with Crippen LogP contribution in [0.2, 0.25) is 0 Å². The number of ketones is 1. The molecule has 156 valence electrons. The molecular formula is C23H22FNO5. The molecule has 1 amide bonds. The van der Waals surface area contributed by atoms with Gasteiger partial charge in [0.15, 0.2) is 0 Å². The van der Waals surface area contributed by atoms with E-state index in [1.165, 1.54) is 36.3 Å². The maximum absolute atomic E-state index is 13.3. The van der Waals surface area contributed by atoms with Crippen molar-refractivity contribution in [1.29, 1.82) is 0 Å². The predicted molar refractivity (Wildman–Crippen MR) is 107 cm³/mol. The first-order chi connectivity index (χ1) is 14.5. The Balaban J connectivity index is 1.83. The summed E-state index contributed by atoms with van der Waals surface area (Å²) in [6.07, 6.45) is 1.53. The molecule has 0 saturated carbocycles. The average molecular weight is 411 g/mol. The van der Waals surface area contributed by atoms with E-state index in [-0.39, 0.29) is 29.5 Å². The van der Waals surface area contributed by atoms with Crippen LogP contribution in [0.3, 0.4) is 0 Å². The lowest BCUT2D eigenvalue weighted by Crippen LogP contribution is -2.36. The van der Waals surface area contributed by atoms with Gasteiger partial charge >= 0.3 is 0 Å². The molecule has 2 unspecified atom stereocenters. The number of hydrogen-bond acceptors (Lipinski definition) is 5. The predicted octanol–water partition coefficient (Wildman–Crippen LogP) is 3.44. The molecule has 0 aliphatic carbocycles. The summed E-state index contributed by atoms with van der Waals surface area (Å²) in [6, 6.07) is 11.4. The number of hydrogen-bond donors (Lipinski definition) is 1. The Kier molecular flexibility index (Phi) is 5.55. The minimum absolute atomic E-state index is 0.0298. The molecule has 30 heavy (non-hydrogen) atoms. The summed E-state index contributed by atoms with van der Waals surface area (Å²) in [5, 5.41) is 10.9. The fourth-order valence-corrected chi connectivity index (χ4v) is 4.00. The summed E-state index contributed by atoms with van der Waals surface area (Å²) in [6.45, 7) is 0.862. The third kappa shape index (κ3) is 3.68. The second-order valence-electron chi connectivity index (χ2n) is 7.37. The summed E-state index contributed by atoms with van der Waals surface area (Å²) in [5.74, 6) is -1.70. The van der Waals surface area contributed by atoms with Gasteiger partial charge in [-0.1, -0.05) is 12.1 Å². The Labute approximate surface area is 173 Å². The molecule has 4 rings (SSSR count). The smallest absolute Gasteiger partial charge is 0.295 e. The van der Waals surface area contributed by atoms with Crippen molar-refractivity contribution in [1.82, 2.24) is 4.90 Å². The van der Waals surface area contributed by atoms with Gasteiger partial charge < -0.3 is 19.5 Å². The first-order valence-electron chi connectivity index (χ1n) is 9.79. The topological polar surface area (TPSA) is 76.1 Å². The number of amides is 1. The number of aliphatic hydroxyl groups excluding tert-OH is 1. The van der Waals surface area contributed by atoms with Crippen LogP contribution in [0.25, 0.3) is 5.76 Å². The van der Waals surface area contributed by atoms with E-state index in [4.69, 9.17) is 9.47 Å². The van der Waals surface area contributed by atoms with E-state index < -0.39 is 23.5 Å². The summed E-state index contributed by atoms with van der Waals surface area (Å²) in [7, 11) is 1.53. The van der Waals surface area contributed by atoms with Gasteiger partial charge in [-0.2, -0.15) is 0 Å². The zero-order chi connectivity index (χ0) is 21.3. The molecule has 0 radical (unpaired) electrons. The van der Waals surface area contributed by atoms with Gasteiger partial charge in [0.1, 0.15) is 17.3 Å². The van der Waals surface area contributed by atoms with Gasteiger partial charge in [0, 0.05) is 18.7 Å². The summed E-state index contributed by atoms with van der Waals surface area (Å²) in [5.41, 5.74) is 0.868. The molecule has 2 aromatic carbocycles. The number of methoxy groups -OCH3 is 1. The number of benzene rings is 2. The number of halogens is 1. The van der Waals surface area contributed by atoms with Crippen LogP contribution in [0.15, 0.2) is 54.1 Å². The van der Waals surface area contributed by atoms with Crippen LogP contribution in [0.5, 0.6) is 5.75 Å². The van der Waals surface area contributed by atoms with Crippen molar-refractivity contribution >= 4 is 17.4 Å². The second kappa shape index (κ2) is 8.28. The SMILES string of the molecule is COc1cccc(C2/C(=C(/O)c3ccc(F)cc3)C(=O)C(=O)N2CC2CCCO2)c1. The van der Waals surface area contributed by atoms with Gasteiger partial charge in [0.05, 0.1) is 24.8 Å². The number of likely N-dealkylation sites (tertiary alicyclic amines) is 1. The number of ether oxygens (including phenoxy) is 2. The summed E-state index contributed by atoms with van der Waals surface area (Å²) < 4.78 is 24.3. The molecule has 2 heterocycles. The zero-order valence-corrected chi connectivity index (χ0v) is 16.5. The van der Waals surface area contributed by atoms with Crippen molar-refractivity contribution in [3.8, 4) is 5.75 Å². The third-order valence-corrected chi connectivity index (χ3v) is 5.49. The van der Waals surface area contributed by atoms with Gasteiger partial charge in [-0.05, 0) is 54.8 Å². The average Bonchev–Trinajstić information content (AvgIpc) is 3.36. The Hall–Kier alpha value is -3.19. The second-order valence-corrected chi connectivity index (χ2v) is 7.37. The molecule has 2 fully saturated rings. The lowest BCUT2D eigenvalue weighted by Gasteiger charge is -2.27. The van der Waals surface area contributed by atoms with E-state index in [1.807, 2.05) is 0 Å². The van der Waals surface area contributed by atoms with E-state index >= 15 is 0 Å². The van der Waals surface area contributed by atoms with Gasteiger partial charge in [-0.25, -0.2) is 4.39 Å². The molecule has 0 aromatic heterocycles. The van der Waals surface area contributed by atoms with E-state index in [9.17, 15) is 19.1 Å². The zero-order valence-electron chi connectivity index (χ0n) is 16.5. The van der Waals surface area contributed by atoms with Crippen molar-refractivity contribution in [3.05, 3.63) is 71.0 Å². The molecule has 6 nitrogen and oxygen atoms in total. The number of carbonyl (C=O) groups excluding carboxylic acids is 2. The lowest BCUT2D eigenvalue weighted by atomic mass is 9.95. The molecule has 2 atom stereocenters. The standard InChI is InChI=1S/C23H22FNO5/c1-29-17-5-2-4-15(12-17)20-19(21(26)14-7-9-16(24)10-8-14)22(27)23(28)25(20)13-18-6-3-11-30-18/h2,4-5,7-10,12,18,20,26H,3,6,11,13H2,1H3/b21-19-. The van der Waals surface area contributed by atoms with Gasteiger partial charge in [0.25, 0.3) is 11.7 Å². The number of aliphatic hydroxyl groups is 1. The van der Waals surface area contributed by atoms with Crippen LogP contribution >= 0.6 is 0 Å². The third-order valence-electron chi connectivity index (χ3n) is 5.49. The van der Waals surface area contributed by atoms with Crippen molar-refractivity contribution < 1.29 is 28.6 Å². The molecule has 0 spiro atoms. The van der Waals surface area contributed by atoms with Crippen LogP contribution in [0.1, 0.15) is 30.0 Å². The van der Waals surface area contributed by atoms with Crippen LogP contribution in [-0.4, -0.2) is 48.1 Å². The van der Waals surface area contributed by atoms with Gasteiger partial charge in [0.2, 0.25) is 0 Å². The Bertz CT molecular complexity index is 995. The maximum atomic E-state index is 13.3. The minimum Gasteiger partial charge on any atom is -0.507 e. The molecule has 2 aliphatic rings. The first kappa shape index (κ1) is 20.1. The van der Waals surface area contributed by atoms with E-state index in [0.29, 0.717) is 17.9 Å². The lowest BCUT2D eigenvalue weighted by molar-refractivity contribution is -0.140. The number of Topliss-reactive ketones (excluding diaryl/α,β-unsaturated/α-hetero) is 1. The van der Waals surface area contributed by atoms with Crippen molar-refractivity contribution in [2.45, 2.75) is 25.0 Å². The summed E-state index contributed by atoms with van der Waals surface area (Å²) >= 11 is 0. The quantitative estimate of drug-likeness (QED) is 0.463. The fraction of sp³-hybridized carbons (Fsp3) is 0.304. The first-order valence-corrected chi connectivity index (χ1v) is 9.79. The molecule has 7 heteroatoms. The largest absolute Gasteiger partial charge is 0.507 e. The monoisotopic (exact) mass is 411 g/mol. The Morgan fingerprint density at radius 2 is 2.00 bits per heavy atom. The minimum atomic E-state index is -0.797.